The second-order valence-corrected chi connectivity index (χ2v) is 6.02. The first kappa shape index (κ1) is 9.17. The molecule has 0 radical (unpaired) electrons. The minimum absolute atomic E-state index is 0.488. The number of rotatable bonds is 3. The van der Waals surface area contributed by atoms with Gasteiger partial charge in [0.1, 0.15) is 0 Å². The molecule has 0 aromatic carbocycles. The zero-order valence-electron chi connectivity index (χ0n) is 9.13. The molecule has 4 atom stereocenters. The van der Waals surface area contributed by atoms with E-state index in [0.717, 1.165) is 17.8 Å². The van der Waals surface area contributed by atoms with Crippen molar-refractivity contribution in [2.75, 3.05) is 6.54 Å². The molecule has 0 aromatic heterocycles. The van der Waals surface area contributed by atoms with E-state index in [1.807, 2.05) is 0 Å². The molecule has 0 aromatic rings. The monoisotopic (exact) mass is 194 g/mol. The minimum Gasteiger partial charge on any atom is -0.327 e. The zero-order chi connectivity index (χ0) is 9.76. The molecule has 80 valence electrons. The number of hydrogen-bond donors (Lipinski definition) is 2. The van der Waals surface area contributed by atoms with E-state index in [4.69, 9.17) is 5.73 Å². The fraction of sp³-hybridized carbons (Fsp3) is 1.00. The van der Waals surface area contributed by atoms with Gasteiger partial charge in [-0.15, -0.1) is 0 Å². The first-order valence-corrected chi connectivity index (χ1v) is 6.19. The topological polar surface area (TPSA) is 38.0 Å². The third-order valence-corrected chi connectivity index (χ3v) is 4.92. The molecule has 3 aliphatic rings. The van der Waals surface area contributed by atoms with Gasteiger partial charge in [0.2, 0.25) is 0 Å². The second kappa shape index (κ2) is 2.96. The van der Waals surface area contributed by atoms with Crippen LogP contribution in [0.15, 0.2) is 0 Å². The first-order valence-electron chi connectivity index (χ1n) is 6.19. The summed E-state index contributed by atoms with van der Waals surface area (Å²) in [6.07, 6.45) is 7.00. The Balaban J connectivity index is 1.57. The maximum absolute atomic E-state index is 6.27. The molecule has 4 unspecified atom stereocenters. The molecule has 14 heavy (non-hydrogen) atoms. The van der Waals surface area contributed by atoms with Crippen LogP contribution in [0.3, 0.4) is 0 Å². The molecule has 0 saturated heterocycles. The van der Waals surface area contributed by atoms with E-state index in [9.17, 15) is 0 Å². The lowest BCUT2D eigenvalue weighted by Gasteiger charge is -2.29. The summed E-state index contributed by atoms with van der Waals surface area (Å²) in [5.41, 5.74) is 6.76. The van der Waals surface area contributed by atoms with Crippen molar-refractivity contribution in [2.24, 2.45) is 23.5 Å². The summed E-state index contributed by atoms with van der Waals surface area (Å²) in [4.78, 5) is 0. The molecule has 0 heterocycles. The van der Waals surface area contributed by atoms with Crippen LogP contribution < -0.4 is 11.1 Å². The van der Waals surface area contributed by atoms with Crippen LogP contribution in [0.4, 0.5) is 0 Å². The second-order valence-electron chi connectivity index (χ2n) is 6.02. The highest BCUT2D eigenvalue weighted by molar-refractivity contribution is 5.03. The van der Waals surface area contributed by atoms with Crippen molar-refractivity contribution in [1.82, 2.24) is 5.32 Å². The van der Waals surface area contributed by atoms with Crippen LogP contribution in [-0.2, 0) is 0 Å². The van der Waals surface area contributed by atoms with Crippen molar-refractivity contribution in [1.29, 1.82) is 0 Å². The smallest absolute Gasteiger partial charge is 0.0154 e. The van der Waals surface area contributed by atoms with E-state index in [1.165, 1.54) is 38.6 Å². The Labute approximate surface area is 86.6 Å². The Morgan fingerprint density at radius 2 is 2.00 bits per heavy atom. The van der Waals surface area contributed by atoms with Gasteiger partial charge in [-0.2, -0.15) is 0 Å². The average molecular weight is 194 g/mol. The molecule has 3 aliphatic carbocycles. The fourth-order valence-corrected chi connectivity index (χ4v) is 3.49. The molecule has 3 fully saturated rings. The molecular weight excluding hydrogens is 172 g/mol. The van der Waals surface area contributed by atoms with Crippen LogP contribution in [0.25, 0.3) is 0 Å². The fourth-order valence-electron chi connectivity index (χ4n) is 3.49. The van der Waals surface area contributed by atoms with Crippen molar-refractivity contribution in [3.8, 4) is 0 Å². The van der Waals surface area contributed by atoms with Crippen LogP contribution in [0.1, 0.15) is 39.0 Å². The van der Waals surface area contributed by atoms with Crippen LogP contribution in [0.2, 0.25) is 0 Å². The third-order valence-electron chi connectivity index (χ3n) is 4.92. The van der Waals surface area contributed by atoms with Crippen LogP contribution in [0.5, 0.6) is 0 Å². The molecule has 3 N–H and O–H groups in total. The third kappa shape index (κ3) is 1.40. The van der Waals surface area contributed by atoms with Gasteiger partial charge in [-0.1, -0.05) is 0 Å². The van der Waals surface area contributed by atoms with E-state index in [0.29, 0.717) is 11.6 Å². The van der Waals surface area contributed by atoms with Crippen molar-refractivity contribution in [2.45, 2.75) is 50.6 Å². The zero-order valence-corrected chi connectivity index (χ0v) is 9.13. The van der Waals surface area contributed by atoms with Gasteiger partial charge in [0.05, 0.1) is 0 Å². The highest BCUT2D eigenvalue weighted by Gasteiger charge is 2.46. The molecule has 0 spiro atoms. The molecule has 2 heteroatoms. The summed E-state index contributed by atoms with van der Waals surface area (Å²) in [5.74, 6) is 2.59. The van der Waals surface area contributed by atoms with Gasteiger partial charge in [0, 0.05) is 18.1 Å². The van der Waals surface area contributed by atoms with Gasteiger partial charge in [-0.3, -0.25) is 0 Å². The largest absolute Gasteiger partial charge is 0.327 e. The van der Waals surface area contributed by atoms with Crippen molar-refractivity contribution < 1.29 is 0 Å². The van der Waals surface area contributed by atoms with Gasteiger partial charge in [0.25, 0.3) is 0 Å². The van der Waals surface area contributed by atoms with Crippen LogP contribution in [-0.4, -0.2) is 18.1 Å². The molecule has 3 rings (SSSR count). The molecule has 0 aliphatic heterocycles. The Hall–Kier alpha value is -0.0800. The highest BCUT2D eigenvalue weighted by atomic mass is 15.0. The quantitative estimate of drug-likeness (QED) is 0.714. The predicted molar refractivity (Wildman–Crippen MR) is 57.9 cm³/mol. The van der Waals surface area contributed by atoms with E-state index in [2.05, 4.69) is 12.2 Å². The maximum Gasteiger partial charge on any atom is 0.0154 e. The Kier molecular flexibility index (Phi) is 1.94. The van der Waals surface area contributed by atoms with Gasteiger partial charge in [-0.25, -0.2) is 0 Å². The predicted octanol–water partition coefficient (Wildman–Crippen LogP) is 1.50. The SMILES string of the molecule is CC1(NCC2C3CCC(C3)C2N)CC1. The Morgan fingerprint density at radius 3 is 2.57 bits per heavy atom. The van der Waals surface area contributed by atoms with Crippen LogP contribution in [0, 0.1) is 17.8 Å². The number of nitrogens with two attached hydrogens (primary N) is 1. The number of fused-ring (bicyclic) bond motifs is 2. The average Bonchev–Trinajstić information content (AvgIpc) is 2.64. The highest BCUT2D eigenvalue weighted by Crippen LogP contribution is 2.47. The van der Waals surface area contributed by atoms with E-state index in [1.54, 1.807) is 0 Å². The summed E-state index contributed by atoms with van der Waals surface area (Å²) in [5, 5.41) is 3.71. The standard InChI is InChI=1S/C12H22N2/c1-12(4-5-12)14-7-10-8-2-3-9(6-8)11(10)13/h8-11,14H,2-7,13H2,1H3. The molecule has 0 amide bonds. The van der Waals surface area contributed by atoms with Gasteiger partial charge < -0.3 is 11.1 Å². The van der Waals surface area contributed by atoms with Crippen molar-refractivity contribution >= 4 is 0 Å². The number of hydrogen-bond acceptors (Lipinski definition) is 2. The first-order chi connectivity index (χ1) is 6.68. The lowest BCUT2D eigenvalue weighted by molar-refractivity contribution is 0.268. The van der Waals surface area contributed by atoms with Crippen molar-refractivity contribution in [3.63, 3.8) is 0 Å². The number of nitrogens with one attached hydrogen (secondary N) is 1. The van der Waals surface area contributed by atoms with Crippen molar-refractivity contribution in [3.05, 3.63) is 0 Å². The van der Waals surface area contributed by atoms with E-state index in [-0.39, 0.29) is 0 Å². The summed E-state index contributed by atoms with van der Waals surface area (Å²) in [6.45, 7) is 3.52. The Morgan fingerprint density at radius 1 is 1.29 bits per heavy atom. The summed E-state index contributed by atoms with van der Waals surface area (Å²) in [7, 11) is 0. The summed E-state index contributed by atoms with van der Waals surface area (Å²) < 4.78 is 0. The summed E-state index contributed by atoms with van der Waals surface area (Å²) in [6, 6.07) is 0.503. The Bertz CT molecular complexity index is 232. The normalized spacial score (nSPS) is 48.4. The summed E-state index contributed by atoms with van der Waals surface area (Å²) >= 11 is 0. The van der Waals surface area contributed by atoms with Gasteiger partial charge in [-0.05, 0) is 56.8 Å². The lowest BCUT2D eigenvalue weighted by Crippen LogP contribution is -2.43. The minimum atomic E-state index is 0.488. The van der Waals surface area contributed by atoms with Gasteiger partial charge in [0.15, 0.2) is 0 Å². The maximum atomic E-state index is 6.27. The van der Waals surface area contributed by atoms with Crippen LogP contribution >= 0.6 is 0 Å². The molecule has 2 nitrogen and oxygen atoms in total. The van der Waals surface area contributed by atoms with E-state index < -0.39 is 0 Å². The van der Waals surface area contributed by atoms with E-state index >= 15 is 0 Å². The molecule has 3 saturated carbocycles. The lowest BCUT2D eigenvalue weighted by atomic mass is 9.85. The van der Waals surface area contributed by atoms with Gasteiger partial charge >= 0.3 is 0 Å². The molecule has 2 bridgehead atoms. The molecular formula is C12H22N2.